The van der Waals surface area contributed by atoms with Gasteiger partial charge in [-0.1, -0.05) is 66.7 Å². The minimum atomic E-state index is 0.744. The van der Waals surface area contributed by atoms with E-state index in [0.29, 0.717) is 0 Å². The minimum Gasteiger partial charge on any atom is -0.497 e. The maximum atomic E-state index is 5.37. The van der Waals surface area contributed by atoms with Crippen molar-refractivity contribution < 1.29 is 4.74 Å². The predicted molar refractivity (Wildman–Crippen MR) is 138 cm³/mol. The second-order valence-electron chi connectivity index (χ2n) is 8.54. The topological polar surface area (TPSA) is 42.8 Å². The molecule has 34 heavy (non-hydrogen) atoms. The van der Waals surface area contributed by atoms with E-state index in [9.17, 15) is 0 Å². The van der Waals surface area contributed by atoms with Gasteiger partial charge in [0.2, 0.25) is 0 Å². The number of nitrogens with zero attached hydrogens (tertiary/aromatic N) is 2. The summed E-state index contributed by atoms with van der Waals surface area (Å²) in [6, 6.07) is 35.8. The first-order chi connectivity index (χ1) is 16.8. The van der Waals surface area contributed by atoms with Crippen LogP contribution in [0.2, 0.25) is 0 Å². The van der Waals surface area contributed by atoms with Crippen molar-refractivity contribution in [2.45, 2.75) is 13.0 Å². The van der Waals surface area contributed by atoms with Gasteiger partial charge in [-0.05, 0) is 53.1 Å². The molecule has 6 rings (SSSR count). The Bertz CT molecular complexity index is 1580. The Labute approximate surface area is 198 Å². The molecule has 4 heteroatoms. The monoisotopic (exact) mass is 443 g/mol. The molecular weight excluding hydrogens is 418 g/mol. The van der Waals surface area contributed by atoms with Crippen molar-refractivity contribution in [3.63, 3.8) is 0 Å². The maximum Gasteiger partial charge on any atom is 0.118 e. The SMILES string of the molecule is COc1ccc(-c2[nH]c3ccccc3c2Cc2nn(Cc3ccccc3)c3ccccc23)cc1. The second-order valence-corrected chi connectivity index (χ2v) is 8.54. The van der Waals surface area contributed by atoms with E-state index >= 15 is 0 Å². The standard InChI is InChI=1S/C30H25N3O/c1-34-23-17-15-22(16-18-23)30-26(24-11-5-7-13-27(24)31-30)19-28-25-12-6-8-14-29(25)33(32-28)20-21-9-3-2-4-10-21/h2-18,31H,19-20H2,1H3. The van der Waals surface area contributed by atoms with E-state index in [0.717, 1.165) is 46.7 Å². The summed E-state index contributed by atoms with van der Waals surface area (Å²) < 4.78 is 7.49. The Morgan fingerprint density at radius 3 is 2.26 bits per heavy atom. The van der Waals surface area contributed by atoms with E-state index < -0.39 is 0 Å². The number of aromatic amines is 1. The highest BCUT2D eigenvalue weighted by atomic mass is 16.5. The van der Waals surface area contributed by atoms with Crippen LogP contribution in [0, 0.1) is 0 Å². The lowest BCUT2D eigenvalue weighted by Gasteiger charge is -2.06. The first-order valence-corrected chi connectivity index (χ1v) is 11.5. The van der Waals surface area contributed by atoms with Crippen molar-refractivity contribution in [2.24, 2.45) is 0 Å². The highest BCUT2D eigenvalue weighted by Gasteiger charge is 2.18. The molecule has 2 heterocycles. The fraction of sp³-hybridized carbons (Fsp3) is 0.100. The van der Waals surface area contributed by atoms with Gasteiger partial charge in [0.15, 0.2) is 0 Å². The number of methoxy groups -OCH3 is 1. The summed E-state index contributed by atoms with van der Waals surface area (Å²) in [4.78, 5) is 3.66. The van der Waals surface area contributed by atoms with Crippen LogP contribution in [-0.2, 0) is 13.0 Å². The first-order valence-electron chi connectivity index (χ1n) is 11.5. The van der Waals surface area contributed by atoms with Crippen LogP contribution in [-0.4, -0.2) is 21.9 Å². The van der Waals surface area contributed by atoms with E-state index in [1.165, 1.54) is 21.9 Å². The number of H-pyrrole nitrogens is 1. The van der Waals surface area contributed by atoms with Crippen molar-refractivity contribution in [1.29, 1.82) is 0 Å². The number of aromatic nitrogens is 3. The van der Waals surface area contributed by atoms with Gasteiger partial charge in [0.05, 0.1) is 30.6 Å². The molecule has 6 aromatic rings. The molecule has 2 aromatic heterocycles. The second kappa shape index (κ2) is 8.56. The average Bonchev–Trinajstić information content (AvgIpc) is 3.43. The molecular formula is C30H25N3O. The number of hydrogen-bond donors (Lipinski definition) is 1. The highest BCUT2D eigenvalue weighted by Crippen LogP contribution is 2.34. The summed E-state index contributed by atoms with van der Waals surface area (Å²) in [7, 11) is 1.69. The van der Waals surface area contributed by atoms with Crippen molar-refractivity contribution in [3.8, 4) is 17.0 Å². The van der Waals surface area contributed by atoms with Crippen LogP contribution in [0.5, 0.6) is 5.75 Å². The number of fused-ring (bicyclic) bond motifs is 2. The normalized spacial score (nSPS) is 11.3. The first kappa shape index (κ1) is 20.3. The number of nitrogens with one attached hydrogen (secondary N) is 1. The molecule has 0 saturated carbocycles. The van der Waals surface area contributed by atoms with Crippen molar-refractivity contribution in [3.05, 3.63) is 120 Å². The molecule has 0 saturated heterocycles. The van der Waals surface area contributed by atoms with E-state index in [-0.39, 0.29) is 0 Å². The average molecular weight is 444 g/mol. The third kappa shape index (κ3) is 3.63. The molecule has 4 aromatic carbocycles. The molecule has 0 aliphatic rings. The van der Waals surface area contributed by atoms with E-state index in [4.69, 9.17) is 9.84 Å². The lowest BCUT2D eigenvalue weighted by Crippen LogP contribution is -2.02. The summed E-state index contributed by atoms with van der Waals surface area (Å²) in [5.41, 5.74) is 8.16. The Morgan fingerprint density at radius 1 is 0.765 bits per heavy atom. The molecule has 0 aliphatic carbocycles. The van der Waals surface area contributed by atoms with Gasteiger partial charge in [0.25, 0.3) is 0 Å². The fourth-order valence-corrected chi connectivity index (χ4v) is 4.76. The molecule has 1 N–H and O–H groups in total. The van der Waals surface area contributed by atoms with E-state index in [2.05, 4.69) is 94.6 Å². The molecule has 0 fully saturated rings. The van der Waals surface area contributed by atoms with Crippen molar-refractivity contribution >= 4 is 21.8 Å². The number of benzene rings is 4. The quantitative estimate of drug-likeness (QED) is 0.306. The van der Waals surface area contributed by atoms with Crippen molar-refractivity contribution in [2.75, 3.05) is 7.11 Å². The minimum absolute atomic E-state index is 0.744. The number of ether oxygens (including phenoxy) is 1. The zero-order valence-electron chi connectivity index (χ0n) is 19.0. The summed E-state index contributed by atoms with van der Waals surface area (Å²) in [6.07, 6.45) is 0.744. The number of rotatable bonds is 6. The molecule has 0 aliphatic heterocycles. The van der Waals surface area contributed by atoms with Crippen LogP contribution in [0.4, 0.5) is 0 Å². The molecule has 0 atom stereocenters. The van der Waals surface area contributed by atoms with Crippen LogP contribution >= 0.6 is 0 Å². The van der Waals surface area contributed by atoms with Crippen LogP contribution in [0.3, 0.4) is 0 Å². The number of hydrogen-bond acceptors (Lipinski definition) is 2. The summed E-state index contributed by atoms with van der Waals surface area (Å²) in [5, 5.41) is 7.54. The molecule has 0 unspecified atom stereocenters. The van der Waals surface area contributed by atoms with Crippen molar-refractivity contribution in [1.82, 2.24) is 14.8 Å². The molecule has 0 spiro atoms. The molecule has 4 nitrogen and oxygen atoms in total. The summed E-state index contributed by atoms with van der Waals surface area (Å²) in [6.45, 7) is 0.751. The zero-order chi connectivity index (χ0) is 22.9. The molecule has 0 bridgehead atoms. The molecule has 0 radical (unpaired) electrons. The van der Waals surface area contributed by atoms with Crippen LogP contribution in [0.25, 0.3) is 33.1 Å². The lowest BCUT2D eigenvalue weighted by atomic mass is 10.00. The highest BCUT2D eigenvalue weighted by molar-refractivity contribution is 5.92. The van der Waals surface area contributed by atoms with Crippen LogP contribution < -0.4 is 4.74 Å². The van der Waals surface area contributed by atoms with Crippen LogP contribution in [0.15, 0.2) is 103 Å². The van der Waals surface area contributed by atoms with Gasteiger partial charge in [0, 0.05) is 22.7 Å². The van der Waals surface area contributed by atoms with Gasteiger partial charge in [0.1, 0.15) is 5.75 Å². The smallest absolute Gasteiger partial charge is 0.118 e. The summed E-state index contributed by atoms with van der Waals surface area (Å²) in [5.74, 6) is 0.854. The fourth-order valence-electron chi connectivity index (χ4n) is 4.76. The largest absolute Gasteiger partial charge is 0.497 e. The molecule has 0 amide bonds. The van der Waals surface area contributed by atoms with Gasteiger partial charge in [-0.2, -0.15) is 5.10 Å². The van der Waals surface area contributed by atoms with Gasteiger partial charge in [-0.3, -0.25) is 4.68 Å². The Kier molecular flexibility index (Phi) is 5.11. The third-order valence-corrected chi connectivity index (χ3v) is 6.45. The van der Waals surface area contributed by atoms with E-state index in [1.807, 2.05) is 18.2 Å². The van der Waals surface area contributed by atoms with E-state index in [1.54, 1.807) is 7.11 Å². The zero-order valence-corrected chi connectivity index (χ0v) is 19.0. The van der Waals surface area contributed by atoms with Gasteiger partial charge < -0.3 is 9.72 Å². The number of para-hydroxylation sites is 2. The Balaban J connectivity index is 1.47. The predicted octanol–water partition coefficient (Wildman–Crippen LogP) is 6.83. The van der Waals surface area contributed by atoms with Gasteiger partial charge in [-0.15, -0.1) is 0 Å². The Hall–Kier alpha value is -4.31. The van der Waals surface area contributed by atoms with Gasteiger partial charge >= 0.3 is 0 Å². The summed E-state index contributed by atoms with van der Waals surface area (Å²) >= 11 is 0. The molecule has 166 valence electrons. The Morgan fingerprint density at radius 2 is 1.47 bits per heavy atom. The lowest BCUT2D eigenvalue weighted by molar-refractivity contribution is 0.415. The van der Waals surface area contributed by atoms with Crippen LogP contribution in [0.1, 0.15) is 16.8 Å². The maximum absolute atomic E-state index is 5.37. The third-order valence-electron chi connectivity index (χ3n) is 6.45. The van der Waals surface area contributed by atoms with Gasteiger partial charge in [-0.25, -0.2) is 0 Å².